The molecule has 3 unspecified atom stereocenters. The summed E-state index contributed by atoms with van der Waals surface area (Å²) in [4.78, 5) is 14.1. The fourth-order valence-corrected chi connectivity index (χ4v) is 10.8. The fourth-order valence-electron chi connectivity index (χ4n) is 10.8. The monoisotopic (exact) mass is 746 g/mol. The van der Waals surface area contributed by atoms with Crippen LogP contribution in [0.4, 0.5) is 0 Å². The molecule has 12 nitrogen and oxygen atoms in total. The summed E-state index contributed by atoms with van der Waals surface area (Å²) in [5, 5.41) is 20.1. The molecule has 0 aromatic rings. The summed E-state index contributed by atoms with van der Waals surface area (Å²) < 4.78 is 58.8. The van der Waals surface area contributed by atoms with Gasteiger partial charge in [-0.25, -0.2) is 0 Å². The van der Waals surface area contributed by atoms with Gasteiger partial charge in [-0.2, -0.15) is 0 Å². The molecule has 12 heteroatoms. The topological polar surface area (TPSA) is 141 Å². The average molecular weight is 747 g/mol. The first-order chi connectivity index (χ1) is 25.7. The Balaban J connectivity index is 1.03. The SMILES string of the molecule is C=C1C[C@@H]2CCCOC3C4O[C@@H]5CCOC5[C@@H]4O[C@H]4CC[C@H](CC(=O)C[C@@H]5[C@@H](OC)[C@@H](C[C@H](O)CO)O[C@H]5C[C@H]5O[C@@H](CC[C@@H]1O2)C[C@@H](C)C5=C)O[C@H]34. The van der Waals surface area contributed by atoms with Crippen LogP contribution >= 0.6 is 0 Å². The molecular weight excluding hydrogens is 684 g/mol. The second-order valence-electron chi connectivity index (χ2n) is 17.2. The van der Waals surface area contributed by atoms with Crippen LogP contribution in [-0.2, 0) is 47.4 Å². The molecule has 8 saturated heterocycles. The molecule has 18 atom stereocenters. The third-order valence-corrected chi connectivity index (χ3v) is 13.5. The van der Waals surface area contributed by atoms with Crippen molar-refractivity contribution in [2.45, 2.75) is 188 Å². The van der Waals surface area contributed by atoms with Crippen molar-refractivity contribution in [2.75, 3.05) is 26.9 Å². The van der Waals surface area contributed by atoms with E-state index < -0.39 is 18.3 Å². The Bertz CT molecular complexity index is 1310. The summed E-state index contributed by atoms with van der Waals surface area (Å²) in [7, 11) is 1.63. The van der Waals surface area contributed by atoms with Crippen molar-refractivity contribution in [3.63, 3.8) is 0 Å². The number of hydrogen-bond donors (Lipinski definition) is 2. The highest BCUT2D eigenvalue weighted by molar-refractivity contribution is 5.79. The first-order valence-electron chi connectivity index (χ1n) is 20.5. The maximum atomic E-state index is 14.1. The zero-order valence-electron chi connectivity index (χ0n) is 31.6. The van der Waals surface area contributed by atoms with E-state index in [0.29, 0.717) is 26.1 Å². The predicted molar refractivity (Wildman–Crippen MR) is 191 cm³/mol. The molecule has 2 N–H and O–H groups in total. The van der Waals surface area contributed by atoms with Gasteiger partial charge in [-0.1, -0.05) is 20.1 Å². The number of carbonyl (C=O) groups is 1. The number of ether oxygens (including phenoxy) is 9. The summed E-state index contributed by atoms with van der Waals surface area (Å²) in [5.41, 5.74) is 2.19. The van der Waals surface area contributed by atoms with Gasteiger partial charge in [0, 0.05) is 51.9 Å². The molecule has 0 aromatic carbocycles. The molecule has 0 aromatic heterocycles. The summed E-state index contributed by atoms with van der Waals surface area (Å²) in [6.45, 7) is 11.9. The van der Waals surface area contributed by atoms with Gasteiger partial charge in [0.25, 0.3) is 0 Å². The van der Waals surface area contributed by atoms with E-state index in [-0.39, 0.29) is 123 Å². The van der Waals surface area contributed by atoms with Gasteiger partial charge in [0.2, 0.25) is 0 Å². The predicted octanol–water partition coefficient (Wildman–Crippen LogP) is 3.76. The molecule has 8 rings (SSSR count). The largest absolute Gasteiger partial charge is 0.394 e. The van der Waals surface area contributed by atoms with Gasteiger partial charge < -0.3 is 52.8 Å². The summed E-state index contributed by atoms with van der Waals surface area (Å²) in [5.74, 6) is 0.0865. The van der Waals surface area contributed by atoms with Gasteiger partial charge in [-0.05, 0) is 74.9 Å². The Hall–Kier alpha value is -1.29. The standard InChI is InChI=1S/C41H62O12/c1-21-14-27-7-9-30-22(2)15-26(48-30)6-5-12-46-39-38-31(52-40-37-32(11-13-47-37)53-41(39)40)10-8-28(50-38)16-24(43)17-29-34(19-33(49-27)23(21)3)51-35(36(29)45-4)18-25(44)20-42/h21,25-42,44H,2-3,5-20H2,1,4H3/t21-,25+,26+,27+,28-,29+,30+,31+,32-,33-,34+,35-,36-,37?,38+,39?,40+,41?/m1/s1. The Morgan fingerprint density at radius 3 is 2.28 bits per heavy atom. The second-order valence-corrected chi connectivity index (χ2v) is 17.2. The molecule has 8 heterocycles. The van der Waals surface area contributed by atoms with E-state index in [4.69, 9.17) is 42.6 Å². The van der Waals surface area contributed by atoms with E-state index in [1.807, 2.05) is 0 Å². The number of Topliss-reactive ketones (excluding diaryl/α,β-unsaturated/α-hetero) is 1. The van der Waals surface area contributed by atoms with Crippen LogP contribution in [0.3, 0.4) is 0 Å². The lowest BCUT2D eigenvalue weighted by atomic mass is 9.81. The normalized spacial score (nSPS) is 48.7. The van der Waals surface area contributed by atoms with Gasteiger partial charge in [0.15, 0.2) is 0 Å². The maximum absolute atomic E-state index is 14.1. The van der Waals surface area contributed by atoms with E-state index in [9.17, 15) is 15.0 Å². The lowest BCUT2D eigenvalue weighted by Gasteiger charge is -2.48. The van der Waals surface area contributed by atoms with Crippen molar-refractivity contribution in [2.24, 2.45) is 11.8 Å². The quantitative estimate of drug-likeness (QED) is 0.405. The molecule has 0 amide bonds. The lowest BCUT2D eigenvalue weighted by molar-refractivity contribution is -0.271. The minimum Gasteiger partial charge on any atom is -0.394 e. The van der Waals surface area contributed by atoms with Crippen LogP contribution in [-0.4, -0.2) is 141 Å². The van der Waals surface area contributed by atoms with Crippen molar-refractivity contribution in [3.8, 4) is 0 Å². The number of methoxy groups -OCH3 is 1. The van der Waals surface area contributed by atoms with Gasteiger partial charge in [0.1, 0.15) is 36.3 Å². The minimum atomic E-state index is -0.952. The van der Waals surface area contributed by atoms with E-state index in [1.54, 1.807) is 7.11 Å². The van der Waals surface area contributed by atoms with Crippen LogP contribution < -0.4 is 0 Å². The molecule has 0 spiro atoms. The van der Waals surface area contributed by atoms with Gasteiger partial charge in [-0.3, -0.25) is 4.79 Å². The molecule has 8 aliphatic heterocycles. The molecule has 0 radical (unpaired) electrons. The number of rotatable bonds is 4. The first-order valence-corrected chi connectivity index (χ1v) is 20.5. The highest BCUT2D eigenvalue weighted by atomic mass is 16.7. The van der Waals surface area contributed by atoms with Gasteiger partial charge in [-0.15, -0.1) is 0 Å². The third kappa shape index (κ3) is 8.12. The minimum absolute atomic E-state index is 0.00163. The molecule has 8 aliphatic rings. The zero-order chi connectivity index (χ0) is 36.8. The average Bonchev–Trinajstić information content (AvgIpc) is 3.90. The fraction of sp³-hybridized carbons (Fsp3) is 0.878. The highest BCUT2D eigenvalue weighted by Gasteiger charge is 2.60. The summed E-state index contributed by atoms with van der Waals surface area (Å²) in [6.07, 6.45) is 4.76. The highest BCUT2D eigenvalue weighted by Crippen LogP contribution is 2.45. The van der Waals surface area contributed by atoms with E-state index in [0.717, 1.165) is 62.5 Å². The number of aliphatic hydroxyl groups is 2. The number of fused-ring (bicyclic) bond motifs is 10. The van der Waals surface area contributed by atoms with E-state index >= 15 is 0 Å². The molecular formula is C41H62O12. The summed E-state index contributed by atoms with van der Waals surface area (Å²) in [6, 6.07) is 0. The number of carbonyl (C=O) groups excluding carboxylic acids is 1. The van der Waals surface area contributed by atoms with Crippen LogP contribution in [0.5, 0.6) is 0 Å². The Kier molecular flexibility index (Phi) is 12.1. The van der Waals surface area contributed by atoms with E-state index in [2.05, 4.69) is 20.1 Å². The second kappa shape index (κ2) is 16.7. The van der Waals surface area contributed by atoms with Crippen molar-refractivity contribution in [3.05, 3.63) is 24.3 Å². The Morgan fingerprint density at radius 1 is 0.736 bits per heavy atom. The third-order valence-electron chi connectivity index (χ3n) is 13.5. The zero-order valence-corrected chi connectivity index (χ0v) is 31.6. The van der Waals surface area contributed by atoms with Crippen LogP contribution in [0.1, 0.15) is 90.4 Å². The first kappa shape index (κ1) is 38.6. The van der Waals surface area contributed by atoms with E-state index in [1.165, 1.54) is 0 Å². The molecule has 6 bridgehead atoms. The van der Waals surface area contributed by atoms with Gasteiger partial charge >= 0.3 is 0 Å². The molecule has 0 aliphatic carbocycles. The van der Waals surface area contributed by atoms with Crippen molar-refractivity contribution >= 4 is 5.78 Å². The smallest absolute Gasteiger partial charge is 0.135 e. The molecule has 298 valence electrons. The van der Waals surface area contributed by atoms with Crippen LogP contribution in [0.25, 0.3) is 0 Å². The van der Waals surface area contributed by atoms with Crippen LogP contribution in [0.2, 0.25) is 0 Å². The lowest BCUT2D eigenvalue weighted by Crippen LogP contribution is -2.62. The maximum Gasteiger partial charge on any atom is 0.135 e. The number of aliphatic hydroxyl groups excluding tert-OH is 2. The van der Waals surface area contributed by atoms with Crippen molar-refractivity contribution in [1.29, 1.82) is 0 Å². The molecule has 53 heavy (non-hydrogen) atoms. The molecule has 0 saturated carbocycles. The van der Waals surface area contributed by atoms with Crippen molar-refractivity contribution in [1.82, 2.24) is 0 Å². The van der Waals surface area contributed by atoms with Gasteiger partial charge in [0.05, 0.1) is 73.8 Å². The van der Waals surface area contributed by atoms with Crippen molar-refractivity contribution < 1.29 is 57.6 Å². The number of hydrogen-bond acceptors (Lipinski definition) is 12. The van der Waals surface area contributed by atoms with Crippen LogP contribution in [0, 0.1) is 11.8 Å². The number of ketones is 1. The molecule has 8 fully saturated rings. The Morgan fingerprint density at radius 2 is 1.47 bits per heavy atom. The van der Waals surface area contributed by atoms with Crippen LogP contribution in [0.15, 0.2) is 24.3 Å². The summed E-state index contributed by atoms with van der Waals surface area (Å²) >= 11 is 0. The Labute approximate surface area is 314 Å².